The summed E-state index contributed by atoms with van der Waals surface area (Å²) in [5.41, 5.74) is 0.444. The van der Waals surface area contributed by atoms with Gasteiger partial charge < -0.3 is 5.11 Å². The zero-order valence-corrected chi connectivity index (χ0v) is 11.9. The number of benzene rings is 1. The van der Waals surface area contributed by atoms with Crippen molar-refractivity contribution in [3.63, 3.8) is 0 Å². The lowest BCUT2D eigenvalue weighted by Gasteiger charge is -2.11. The fourth-order valence-electron chi connectivity index (χ4n) is 1.51. The van der Waals surface area contributed by atoms with Crippen molar-refractivity contribution in [1.82, 2.24) is 0 Å². The molecule has 0 fully saturated rings. The number of rotatable bonds is 2. The molecule has 0 amide bonds. The Morgan fingerprint density at radius 3 is 2.17 bits per heavy atom. The molecule has 18 heavy (non-hydrogen) atoms. The molecule has 0 aliphatic rings. The summed E-state index contributed by atoms with van der Waals surface area (Å²) in [6.45, 7) is 0. The van der Waals surface area contributed by atoms with E-state index in [-0.39, 0.29) is 0 Å². The van der Waals surface area contributed by atoms with Gasteiger partial charge in [0.2, 0.25) is 0 Å². The maximum atomic E-state index is 12.4. The summed E-state index contributed by atoms with van der Waals surface area (Å²) in [7, 11) is 0. The third-order valence-corrected chi connectivity index (χ3v) is 4.26. The van der Waals surface area contributed by atoms with Crippen LogP contribution in [-0.2, 0) is 6.18 Å². The van der Waals surface area contributed by atoms with Crippen molar-refractivity contribution in [1.29, 1.82) is 0 Å². The van der Waals surface area contributed by atoms with Gasteiger partial charge in [-0.05, 0) is 57.3 Å². The van der Waals surface area contributed by atoms with Gasteiger partial charge >= 0.3 is 6.18 Å². The van der Waals surface area contributed by atoms with Crippen molar-refractivity contribution < 1.29 is 18.3 Å². The predicted molar refractivity (Wildman–Crippen MR) is 72.5 cm³/mol. The molecule has 0 aliphatic carbocycles. The summed E-state index contributed by atoms with van der Waals surface area (Å²) in [5, 5.41) is 11.8. The van der Waals surface area contributed by atoms with Gasteiger partial charge in [-0.2, -0.15) is 13.2 Å². The number of hydrogen-bond acceptors (Lipinski definition) is 2. The summed E-state index contributed by atoms with van der Waals surface area (Å²) in [4.78, 5) is 0. The number of hydrogen-bond donors (Lipinski definition) is 1. The van der Waals surface area contributed by atoms with Crippen molar-refractivity contribution in [2.75, 3.05) is 0 Å². The first-order chi connectivity index (χ1) is 8.38. The van der Waals surface area contributed by atoms with Gasteiger partial charge in [-0.3, -0.25) is 0 Å². The average molecular weight is 384 g/mol. The van der Waals surface area contributed by atoms with E-state index in [1.165, 1.54) is 23.5 Å². The molecule has 2 aromatic rings. The van der Waals surface area contributed by atoms with Gasteiger partial charge in [0.1, 0.15) is 6.10 Å². The smallest absolute Gasteiger partial charge is 0.384 e. The Bertz CT molecular complexity index is 533. The van der Waals surface area contributed by atoms with E-state index in [0.717, 1.165) is 15.0 Å². The van der Waals surface area contributed by atoms with E-state index in [9.17, 15) is 18.3 Å². The molecule has 1 heterocycles. The Morgan fingerprint density at radius 2 is 1.72 bits per heavy atom. The van der Waals surface area contributed by atoms with Gasteiger partial charge in [-0.25, -0.2) is 0 Å². The summed E-state index contributed by atoms with van der Waals surface area (Å²) in [6, 6.07) is 6.38. The normalized spacial score (nSPS) is 13.6. The summed E-state index contributed by atoms with van der Waals surface area (Å²) >= 11 is 3.61. The minimum absolute atomic E-state index is 0.456. The van der Waals surface area contributed by atoms with Crippen LogP contribution in [0.4, 0.5) is 13.2 Å². The molecule has 0 saturated heterocycles. The summed E-state index contributed by atoms with van der Waals surface area (Å²) in [6.07, 6.45) is -5.23. The third-order valence-electron chi connectivity index (χ3n) is 2.46. The maximum Gasteiger partial charge on any atom is 0.416 e. The molecule has 1 aromatic heterocycles. The van der Waals surface area contributed by atoms with Crippen molar-refractivity contribution >= 4 is 33.9 Å². The van der Waals surface area contributed by atoms with Crippen LogP contribution < -0.4 is 0 Å². The molecule has 96 valence electrons. The van der Waals surface area contributed by atoms with Gasteiger partial charge in [0, 0.05) is 0 Å². The van der Waals surface area contributed by atoms with E-state index in [1.54, 1.807) is 5.38 Å². The topological polar surface area (TPSA) is 20.2 Å². The minimum atomic E-state index is -4.35. The molecule has 0 radical (unpaired) electrons. The highest BCUT2D eigenvalue weighted by atomic mass is 127. The molecule has 0 saturated carbocycles. The number of halogens is 4. The second kappa shape index (κ2) is 5.18. The van der Waals surface area contributed by atoms with Gasteiger partial charge in [0.15, 0.2) is 0 Å². The standard InChI is InChI=1S/C12H8F3IOS/c13-12(14,15)9-3-1-7(2-4-9)11(17)8-5-10(16)18-6-8/h1-6,11,17H. The van der Waals surface area contributed by atoms with Gasteiger partial charge in [0.25, 0.3) is 0 Å². The van der Waals surface area contributed by atoms with E-state index in [2.05, 4.69) is 22.6 Å². The lowest BCUT2D eigenvalue weighted by atomic mass is 10.0. The van der Waals surface area contributed by atoms with E-state index < -0.39 is 17.8 Å². The SMILES string of the molecule is OC(c1ccc(C(F)(F)F)cc1)c1csc(I)c1. The Balaban J connectivity index is 2.24. The fourth-order valence-corrected chi connectivity index (χ4v) is 2.90. The number of thiophene rings is 1. The molecule has 1 aromatic carbocycles. The number of aliphatic hydroxyl groups excluding tert-OH is 1. The highest BCUT2D eigenvalue weighted by Gasteiger charge is 2.30. The molecule has 2 rings (SSSR count). The number of alkyl halides is 3. The Morgan fingerprint density at radius 1 is 1.11 bits per heavy atom. The second-order valence-corrected chi connectivity index (χ2v) is 6.51. The van der Waals surface area contributed by atoms with Crippen molar-refractivity contribution in [2.24, 2.45) is 0 Å². The minimum Gasteiger partial charge on any atom is -0.384 e. The van der Waals surface area contributed by atoms with Gasteiger partial charge in [-0.1, -0.05) is 12.1 Å². The number of aliphatic hydroxyl groups is 1. The molecule has 0 bridgehead atoms. The molecule has 1 N–H and O–H groups in total. The molecular formula is C12H8F3IOS. The average Bonchev–Trinajstić information content (AvgIpc) is 2.74. The Hall–Kier alpha value is -0.600. The molecule has 1 atom stereocenters. The highest BCUT2D eigenvalue weighted by Crippen LogP contribution is 2.32. The molecular weight excluding hydrogens is 376 g/mol. The van der Waals surface area contributed by atoms with Crippen LogP contribution in [0.1, 0.15) is 22.8 Å². The van der Waals surface area contributed by atoms with Crippen molar-refractivity contribution in [3.05, 3.63) is 55.3 Å². The van der Waals surface area contributed by atoms with Crippen LogP contribution in [-0.4, -0.2) is 5.11 Å². The van der Waals surface area contributed by atoms with Gasteiger partial charge in [-0.15, -0.1) is 11.3 Å². The van der Waals surface area contributed by atoms with Crippen LogP contribution in [0, 0.1) is 2.88 Å². The van der Waals surface area contributed by atoms with E-state index in [4.69, 9.17) is 0 Å². The molecule has 6 heteroatoms. The molecule has 0 spiro atoms. The quantitative estimate of drug-likeness (QED) is 0.759. The zero-order valence-electron chi connectivity index (χ0n) is 8.91. The van der Waals surface area contributed by atoms with Gasteiger partial charge in [0.05, 0.1) is 8.45 Å². The lowest BCUT2D eigenvalue weighted by Crippen LogP contribution is -2.05. The fraction of sp³-hybridized carbons (Fsp3) is 0.167. The second-order valence-electron chi connectivity index (χ2n) is 3.71. The van der Waals surface area contributed by atoms with E-state index >= 15 is 0 Å². The predicted octanol–water partition coefficient (Wildman–Crippen LogP) is 4.45. The Labute approximate surface area is 119 Å². The van der Waals surface area contributed by atoms with Crippen LogP contribution in [0.3, 0.4) is 0 Å². The highest BCUT2D eigenvalue weighted by molar-refractivity contribution is 14.1. The van der Waals surface area contributed by atoms with Crippen LogP contribution in [0.25, 0.3) is 0 Å². The summed E-state index contributed by atoms with van der Waals surface area (Å²) in [5.74, 6) is 0. The first-order valence-corrected chi connectivity index (χ1v) is 6.93. The zero-order chi connectivity index (χ0) is 13.3. The van der Waals surface area contributed by atoms with Crippen LogP contribution >= 0.6 is 33.9 Å². The largest absolute Gasteiger partial charge is 0.416 e. The maximum absolute atomic E-state index is 12.4. The van der Waals surface area contributed by atoms with Crippen molar-refractivity contribution in [2.45, 2.75) is 12.3 Å². The van der Waals surface area contributed by atoms with E-state index in [1.807, 2.05) is 6.07 Å². The Kier molecular flexibility index (Phi) is 3.98. The lowest BCUT2D eigenvalue weighted by molar-refractivity contribution is -0.137. The summed E-state index contributed by atoms with van der Waals surface area (Å²) < 4.78 is 38.2. The first kappa shape index (κ1) is 13.8. The third kappa shape index (κ3) is 3.04. The van der Waals surface area contributed by atoms with Crippen molar-refractivity contribution in [3.8, 4) is 0 Å². The molecule has 1 nitrogen and oxygen atoms in total. The monoisotopic (exact) mass is 384 g/mol. The molecule has 1 unspecified atom stereocenters. The van der Waals surface area contributed by atoms with Crippen LogP contribution in [0.2, 0.25) is 0 Å². The first-order valence-electron chi connectivity index (χ1n) is 4.97. The molecule has 0 aliphatic heterocycles. The van der Waals surface area contributed by atoms with Crippen LogP contribution in [0.15, 0.2) is 35.7 Å². The van der Waals surface area contributed by atoms with E-state index in [0.29, 0.717) is 11.1 Å². The van der Waals surface area contributed by atoms with Crippen LogP contribution in [0.5, 0.6) is 0 Å².